The molecule has 0 radical (unpaired) electrons. The molecule has 24 nitrogen and oxygen atoms in total. The molecule has 0 aliphatic carbocycles. The van der Waals surface area contributed by atoms with Gasteiger partial charge in [-0.25, -0.2) is 9.48 Å². The molecule has 1 aromatic heterocycles. The molecule has 2 amide bonds. The highest BCUT2D eigenvalue weighted by Gasteiger charge is 2.60. The number of amides is 2. The van der Waals surface area contributed by atoms with Gasteiger partial charge in [0, 0.05) is 13.3 Å². The van der Waals surface area contributed by atoms with E-state index < -0.39 is 142 Å². The third-order valence-corrected chi connectivity index (χ3v) is 8.91. The molecule has 13 N–H and O–H groups in total. The average Bonchev–Trinajstić information content (AvgIpc) is 3.60. The van der Waals surface area contributed by atoms with Crippen molar-refractivity contribution in [1.29, 1.82) is 0 Å². The monoisotopic (exact) mass is 767 g/mol. The van der Waals surface area contributed by atoms with Crippen LogP contribution in [-0.2, 0) is 44.6 Å². The Morgan fingerprint density at radius 1 is 1.04 bits per heavy atom. The minimum absolute atomic E-state index is 0.0850. The van der Waals surface area contributed by atoms with Crippen molar-refractivity contribution in [3.8, 4) is 0 Å². The summed E-state index contributed by atoms with van der Waals surface area (Å²) in [7, 11) is 0. The summed E-state index contributed by atoms with van der Waals surface area (Å²) in [5.74, 6) is -6.30. The molecule has 53 heavy (non-hydrogen) atoms. The number of hydrogen-bond acceptors (Lipinski definition) is 20. The van der Waals surface area contributed by atoms with Crippen molar-refractivity contribution >= 4 is 17.8 Å². The number of carboxylic acid groups (broad SMARTS) is 1. The average molecular weight is 768 g/mol. The highest BCUT2D eigenvalue weighted by molar-refractivity contribution is 5.86. The van der Waals surface area contributed by atoms with Crippen LogP contribution in [0.3, 0.4) is 0 Å². The Morgan fingerprint density at radius 3 is 2.30 bits per heavy atom. The Balaban J connectivity index is 1.58. The molecule has 24 heteroatoms. The summed E-state index contributed by atoms with van der Waals surface area (Å²) in [6.45, 7) is 1.35. The Hall–Kier alpha value is -3.31. The fourth-order valence-corrected chi connectivity index (χ4v) is 6.15. The number of aliphatic hydroxyl groups is 10. The summed E-state index contributed by atoms with van der Waals surface area (Å²) >= 11 is 0. The number of rotatable bonds is 15. The third kappa shape index (κ3) is 9.15. The molecule has 1 aromatic rings. The van der Waals surface area contributed by atoms with Gasteiger partial charge in [0.15, 0.2) is 12.5 Å². The van der Waals surface area contributed by atoms with Gasteiger partial charge in [-0.05, 0) is 6.08 Å². The van der Waals surface area contributed by atoms with Crippen molar-refractivity contribution in [2.45, 2.75) is 117 Å². The summed E-state index contributed by atoms with van der Waals surface area (Å²) in [6, 6.07) is -1.56. The lowest BCUT2D eigenvalue weighted by Crippen LogP contribution is -2.70. The van der Waals surface area contributed by atoms with Crippen molar-refractivity contribution < 1.29 is 94.2 Å². The van der Waals surface area contributed by atoms with E-state index in [1.165, 1.54) is 6.20 Å². The molecule has 0 saturated carbocycles. The van der Waals surface area contributed by atoms with Gasteiger partial charge in [0.05, 0.1) is 44.7 Å². The van der Waals surface area contributed by atoms with Crippen LogP contribution >= 0.6 is 0 Å². The predicted octanol–water partition coefficient (Wildman–Crippen LogP) is -7.95. The van der Waals surface area contributed by atoms with Crippen LogP contribution in [0.4, 0.5) is 0 Å². The summed E-state index contributed by atoms with van der Waals surface area (Å²) in [4.78, 5) is 36.1. The number of aliphatic carboxylic acids is 1. The standard InChI is InChI=1S/C29H45N5O19/c1-3-16(41)30-5-11-6-34(33-32-11)26-21(45)20(44)23(15(9-37)49-26)51-27-22(46)25(19(43)14(8-36)50-27)53-29(28(47)48)4-12(39)17(31-10(2)38)24(52-29)18(42)13(40)7-35/h3,6,12-15,17-27,35-37,39-40,42-46H,1,4-5,7-9H2,2H3,(H,30,41)(H,31,38)(H,47,48)/t12-,13+,14+,15+,17+,18+,19-,20+,21+,22+,23+,24+,25-,26?,27-,29-/m0/s1. The van der Waals surface area contributed by atoms with Crippen LogP contribution in [-0.4, -0.2) is 200 Å². The number of carbonyl (C=O) groups excluding carboxylic acids is 2. The zero-order valence-corrected chi connectivity index (χ0v) is 28.1. The number of carboxylic acids is 1. The van der Waals surface area contributed by atoms with Gasteiger partial charge in [-0.3, -0.25) is 9.59 Å². The largest absolute Gasteiger partial charge is 0.477 e. The Morgan fingerprint density at radius 2 is 1.72 bits per heavy atom. The third-order valence-electron chi connectivity index (χ3n) is 8.91. The number of hydrogen-bond donors (Lipinski definition) is 13. The van der Waals surface area contributed by atoms with E-state index >= 15 is 0 Å². The predicted molar refractivity (Wildman–Crippen MR) is 165 cm³/mol. The van der Waals surface area contributed by atoms with Crippen molar-refractivity contribution in [3.05, 3.63) is 24.5 Å². The molecular weight excluding hydrogens is 722 g/mol. The first-order chi connectivity index (χ1) is 25.0. The van der Waals surface area contributed by atoms with E-state index in [-0.39, 0.29) is 12.2 Å². The first-order valence-electron chi connectivity index (χ1n) is 16.2. The second-order valence-electron chi connectivity index (χ2n) is 12.6. The highest BCUT2D eigenvalue weighted by Crippen LogP contribution is 2.38. The Kier molecular flexibility index (Phi) is 14.3. The highest BCUT2D eigenvalue weighted by atomic mass is 16.8. The van der Waals surface area contributed by atoms with Crippen molar-refractivity contribution in [1.82, 2.24) is 25.6 Å². The van der Waals surface area contributed by atoms with E-state index in [0.717, 1.165) is 17.7 Å². The Labute approximate surface area is 299 Å². The normalized spacial score (nSPS) is 38.7. The van der Waals surface area contributed by atoms with Gasteiger partial charge in [0.1, 0.15) is 72.8 Å². The summed E-state index contributed by atoms with van der Waals surface area (Å²) in [5, 5.41) is 128. The van der Waals surface area contributed by atoms with E-state index in [2.05, 4.69) is 27.5 Å². The molecule has 16 atom stereocenters. The van der Waals surface area contributed by atoms with Crippen molar-refractivity contribution in [2.24, 2.45) is 0 Å². The molecule has 0 bridgehead atoms. The van der Waals surface area contributed by atoms with E-state index in [4.69, 9.17) is 23.7 Å². The fraction of sp³-hybridized carbons (Fsp3) is 0.759. The van der Waals surface area contributed by atoms with E-state index in [9.17, 15) is 70.6 Å². The molecule has 4 rings (SSSR count). The minimum atomic E-state index is -3.06. The van der Waals surface area contributed by atoms with Gasteiger partial charge in [-0.1, -0.05) is 11.8 Å². The smallest absolute Gasteiger partial charge is 0.364 e. The molecule has 300 valence electrons. The topological polar surface area (TPSA) is 375 Å². The van der Waals surface area contributed by atoms with E-state index in [1.807, 2.05) is 0 Å². The lowest BCUT2D eigenvalue weighted by atomic mass is 9.88. The first kappa shape index (κ1) is 42.4. The quantitative estimate of drug-likeness (QED) is 0.0737. The van der Waals surface area contributed by atoms with Crippen molar-refractivity contribution in [2.75, 3.05) is 19.8 Å². The van der Waals surface area contributed by atoms with Crippen LogP contribution in [0.25, 0.3) is 0 Å². The number of carbonyl (C=O) groups is 3. The summed E-state index contributed by atoms with van der Waals surface area (Å²) < 4.78 is 29.1. The maximum atomic E-state index is 12.7. The lowest BCUT2D eigenvalue weighted by Gasteiger charge is -2.50. The summed E-state index contributed by atoms with van der Waals surface area (Å²) in [6.07, 6.45) is -25.3. The van der Waals surface area contributed by atoms with Gasteiger partial charge in [-0.15, -0.1) is 5.10 Å². The molecule has 3 aliphatic heterocycles. The van der Waals surface area contributed by atoms with Crippen LogP contribution in [0.2, 0.25) is 0 Å². The Bertz CT molecular complexity index is 1420. The molecule has 3 saturated heterocycles. The van der Waals surface area contributed by atoms with E-state index in [0.29, 0.717) is 0 Å². The molecule has 4 heterocycles. The van der Waals surface area contributed by atoms with Gasteiger partial charge in [0.2, 0.25) is 11.8 Å². The van der Waals surface area contributed by atoms with Gasteiger partial charge in [0.25, 0.3) is 5.79 Å². The number of aromatic nitrogens is 3. The molecule has 3 fully saturated rings. The second-order valence-corrected chi connectivity index (χ2v) is 12.6. The lowest BCUT2D eigenvalue weighted by molar-refractivity contribution is -0.382. The second kappa shape index (κ2) is 17.9. The first-order valence-corrected chi connectivity index (χ1v) is 16.2. The molecule has 0 aromatic carbocycles. The molecule has 1 unspecified atom stereocenters. The van der Waals surface area contributed by atoms with Crippen LogP contribution < -0.4 is 10.6 Å². The van der Waals surface area contributed by atoms with Crippen LogP contribution in [0, 0.1) is 0 Å². The molecular formula is C29H45N5O19. The van der Waals surface area contributed by atoms with Crippen molar-refractivity contribution in [3.63, 3.8) is 0 Å². The molecule has 0 spiro atoms. The van der Waals surface area contributed by atoms with Gasteiger partial charge < -0.3 is 90.5 Å². The van der Waals surface area contributed by atoms with Gasteiger partial charge >= 0.3 is 5.97 Å². The van der Waals surface area contributed by atoms with Gasteiger partial charge in [-0.2, -0.15) is 0 Å². The number of ether oxygens (including phenoxy) is 5. The van der Waals surface area contributed by atoms with Crippen LogP contribution in [0.1, 0.15) is 25.3 Å². The number of aliphatic hydroxyl groups excluding tert-OH is 10. The number of nitrogens with zero attached hydrogens (tertiary/aromatic N) is 3. The molecule has 3 aliphatic rings. The zero-order valence-electron chi connectivity index (χ0n) is 28.1. The minimum Gasteiger partial charge on any atom is -0.477 e. The number of nitrogens with one attached hydrogen (secondary N) is 2. The van der Waals surface area contributed by atoms with Crippen LogP contribution in [0.15, 0.2) is 18.9 Å². The maximum absolute atomic E-state index is 12.7. The summed E-state index contributed by atoms with van der Waals surface area (Å²) in [5.41, 5.74) is 0.215. The zero-order chi connectivity index (χ0) is 39.4. The van der Waals surface area contributed by atoms with E-state index in [1.54, 1.807) is 0 Å². The SMILES string of the molecule is C=CC(=O)NCc1cn(C2O[C@H](CO)[C@@H](O[C@@H]3O[C@H](CO)[C@H](O)[C@H](O[C@]4(C(=O)O)C[C@H](O)[C@@H](NC(C)=O)[C@H]([C@H](O)[C@H](O)CO)O4)[C@H]3O)[C@H](O)[C@H]2O)nn1. The fourth-order valence-electron chi connectivity index (χ4n) is 6.15. The van der Waals surface area contributed by atoms with Crippen LogP contribution in [0.5, 0.6) is 0 Å². The maximum Gasteiger partial charge on any atom is 0.364 e.